The van der Waals surface area contributed by atoms with Gasteiger partial charge in [-0.3, -0.25) is 4.98 Å². The van der Waals surface area contributed by atoms with E-state index in [1.807, 2.05) is 51.2 Å². The molecule has 1 aliphatic heterocycles. The molecule has 0 bridgehead atoms. The maximum absolute atomic E-state index is 12.2. The van der Waals surface area contributed by atoms with Gasteiger partial charge in [-0.1, -0.05) is 23.7 Å². The largest absolute Gasteiger partial charge is 0.569 e. The lowest BCUT2D eigenvalue weighted by atomic mass is 9.79. The van der Waals surface area contributed by atoms with E-state index in [4.69, 9.17) is 26.2 Å². The average molecular weight is 473 g/mol. The molecule has 1 fully saturated rings. The molecule has 1 aromatic heterocycles. The number of rotatable bonds is 5. The van der Waals surface area contributed by atoms with Gasteiger partial charge in [0.25, 0.3) is 0 Å². The molecule has 7 nitrogen and oxygen atoms in total. The molecule has 0 radical (unpaired) electrons. The van der Waals surface area contributed by atoms with Crippen molar-refractivity contribution in [2.75, 3.05) is 7.05 Å². The molecule has 1 saturated carbocycles. The van der Waals surface area contributed by atoms with Gasteiger partial charge in [0.1, 0.15) is 12.2 Å². The number of halogens is 1. The van der Waals surface area contributed by atoms with Crippen molar-refractivity contribution in [3.8, 4) is 0 Å². The van der Waals surface area contributed by atoms with E-state index in [2.05, 4.69) is 12.2 Å². The SMILES string of the molecule is Cc1ncc2c(c1C1CCC(ON=[N+]([O-])N(C)C(C)(C)C)CC1)CO[C@H]2c1ccc(Cl)cc1. The summed E-state index contributed by atoms with van der Waals surface area (Å²) >= 11 is 6.06. The predicted molar refractivity (Wildman–Crippen MR) is 127 cm³/mol. The summed E-state index contributed by atoms with van der Waals surface area (Å²) in [7, 11) is 1.71. The van der Waals surface area contributed by atoms with Gasteiger partial charge in [-0.25, -0.2) is 0 Å². The number of pyridine rings is 1. The minimum atomic E-state index is -0.323. The summed E-state index contributed by atoms with van der Waals surface area (Å²) in [4.78, 5) is 10.9. The number of benzene rings is 1. The van der Waals surface area contributed by atoms with E-state index in [1.165, 1.54) is 16.1 Å². The first-order valence-electron chi connectivity index (χ1n) is 11.6. The van der Waals surface area contributed by atoms with E-state index >= 15 is 0 Å². The summed E-state index contributed by atoms with van der Waals surface area (Å²) in [6.45, 7) is 8.54. The van der Waals surface area contributed by atoms with Crippen LogP contribution in [0, 0.1) is 12.1 Å². The van der Waals surface area contributed by atoms with Gasteiger partial charge in [-0.2, -0.15) is 0 Å². The van der Waals surface area contributed by atoms with Crippen molar-refractivity contribution >= 4 is 11.6 Å². The molecule has 33 heavy (non-hydrogen) atoms. The first-order chi connectivity index (χ1) is 15.6. The summed E-state index contributed by atoms with van der Waals surface area (Å²) < 4.78 is 6.20. The molecule has 1 aromatic carbocycles. The molecular weight excluding hydrogens is 440 g/mol. The fraction of sp³-hybridized carbons (Fsp3) is 0.560. The molecule has 0 N–H and O–H groups in total. The number of ether oxygens (including phenoxy) is 1. The Bertz CT molecular complexity index is 1010. The van der Waals surface area contributed by atoms with Crippen LogP contribution in [0.2, 0.25) is 5.02 Å². The molecule has 0 amide bonds. The highest BCUT2D eigenvalue weighted by molar-refractivity contribution is 6.30. The van der Waals surface area contributed by atoms with Crippen molar-refractivity contribution in [1.29, 1.82) is 0 Å². The second kappa shape index (κ2) is 9.47. The van der Waals surface area contributed by atoms with Crippen molar-refractivity contribution in [3.63, 3.8) is 0 Å². The quantitative estimate of drug-likeness (QED) is 0.293. The first kappa shape index (κ1) is 23.8. The molecule has 1 atom stereocenters. The van der Waals surface area contributed by atoms with Crippen molar-refractivity contribution in [3.05, 3.63) is 68.6 Å². The lowest BCUT2D eigenvalue weighted by Gasteiger charge is -2.29. The monoisotopic (exact) mass is 472 g/mol. The summed E-state index contributed by atoms with van der Waals surface area (Å²) in [5, 5.41) is 18.2. The minimum absolute atomic E-state index is 0.0471. The third kappa shape index (κ3) is 5.09. The molecule has 4 rings (SSSR count). The number of aromatic nitrogens is 1. The number of hydrogen-bond acceptors (Lipinski definition) is 5. The van der Waals surface area contributed by atoms with Crippen LogP contribution in [0.4, 0.5) is 0 Å². The van der Waals surface area contributed by atoms with Crippen molar-refractivity contribution in [2.45, 2.75) is 83.6 Å². The normalized spacial score (nSPS) is 23.3. The summed E-state index contributed by atoms with van der Waals surface area (Å²) in [5.74, 6) is 0.403. The van der Waals surface area contributed by atoms with Crippen LogP contribution in [0.1, 0.15) is 86.4 Å². The molecule has 1 aliphatic carbocycles. The highest BCUT2D eigenvalue weighted by Crippen LogP contribution is 2.43. The van der Waals surface area contributed by atoms with Crippen molar-refractivity contribution in [2.24, 2.45) is 5.28 Å². The number of fused-ring (bicyclic) bond motifs is 1. The van der Waals surface area contributed by atoms with Crippen LogP contribution >= 0.6 is 11.6 Å². The van der Waals surface area contributed by atoms with E-state index in [9.17, 15) is 5.21 Å². The number of nitrogens with zero attached hydrogens (tertiary/aromatic N) is 4. The van der Waals surface area contributed by atoms with Crippen LogP contribution in [0.3, 0.4) is 0 Å². The lowest BCUT2D eigenvalue weighted by molar-refractivity contribution is -0.720. The fourth-order valence-corrected chi connectivity index (χ4v) is 4.79. The lowest BCUT2D eigenvalue weighted by Crippen LogP contribution is -2.42. The van der Waals surface area contributed by atoms with Gasteiger partial charge in [0.05, 0.1) is 24.2 Å². The van der Waals surface area contributed by atoms with E-state index in [0.717, 1.165) is 47.5 Å². The molecule has 0 spiro atoms. The second-order valence-corrected chi connectivity index (χ2v) is 10.5. The molecule has 2 aliphatic rings. The number of aryl methyl sites for hydroxylation is 1. The van der Waals surface area contributed by atoms with Gasteiger partial charge in [0.15, 0.2) is 0 Å². The van der Waals surface area contributed by atoms with Crippen LogP contribution < -0.4 is 0 Å². The van der Waals surface area contributed by atoms with Gasteiger partial charge >= 0.3 is 0 Å². The number of hydrogen-bond donors (Lipinski definition) is 0. The van der Waals surface area contributed by atoms with Crippen LogP contribution in [0.5, 0.6) is 0 Å². The zero-order valence-electron chi connectivity index (χ0n) is 20.0. The van der Waals surface area contributed by atoms with E-state index in [0.29, 0.717) is 17.5 Å². The maximum atomic E-state index is 12.2. The van der Waals surface area contributed by atoms with Gasteiger partial charge in [-0.15, -0.1) is 5.01 Å². The van der Waals surface area contributed by atoms with Crippen LogP contribution in [0.15, 0.2) is 35.7 Å². The van der Waals surface area contributed by atoms with Gasteiger partial charge in [0, 0.05) is 22.5 Å². The Hall–Kier alpha value is -2.38. The Balaban J connectivity index is 1.45. The zero-order chi connectivity index (χ0) is 23.8. The minimum Gasteiger partial charge on any atom is -0.569 e. The fourth-order valence-electron chi connectivity index (χ4n) is 4.66. The van der Waals surface area contributed by atoms with E-state index < -0.39 is 0 Å². The molecular formula is C25H33ClN4O3. The van der Waals surface area contributed by atoms with E-state index in [-0.39, 0.29) is 17.7 Å². The third-order valence-corrected chi connectivity index (χ3v) is 7.14. The Labute approximate surface area is 200 Å². The maximum Gasteiger partial charge on any atom is 0.233 e. The standard InChI is InChI=1S/C25H33ClN4O3/c1-16-23(17-8-12-20(13-9-17)33-28-30(31)29(5)25(2,3)4)22-15-32-24(21(22)14-27-16)18-6-10-19(26)11-7-18/h6-7,10-11,14,17,20,24H,8-9,12-13,15H2,1-5H3/t17?,20?,24-/m0/s1. The zero-order valence-corrected chi connectivity index (χ0v) is 20.8. The summed E-state index contributed by atoms with van der Waals surface area (Å²) in [6, 6.07) is 7.83. The average Bonchev–Trinajstić information content (AvgIpc) is 3.21. The molecule has 2 aromatic rings. The smallest absolute Gasteiger partial charge is 0.233 e. The van der Waals surface area contributed by atoms with Gasteiger partial charge < -0.3 is 14.8 Å². The Morgan fingerprint density at radius 3 is 2.48 bits per heavy atom. The van der Waals surface area contributed by atoms with Crippen molar-refractivity contribution in [1.82, 2.24) is 9.99 Å². The highest BCUT2D eigenvalue weighted by atomic mass is 35.5. The molecule has 0 unspecified atom stereocenters. The number of hydrazine groups is 1. The predicted octanol–water partition coefficient (Wildman–Crippen LogP) is 6.23. The second-order valence-electron chi connectivity index (χ2n) is 10.0. The molecule has 8 heteroatoms. The van der Waals surface area contributed by atoms with Crippen LogP contribution in [0.25, 0.3) is 0 Å². The highest BCUT2D eigenvalue weighted by Gasteiger charge is 2.33. The topological polar surface area (TPSA) is 73.0 Å². The van der Waals surface area contributed by atoms with E-state index in [1.54, 1.807) is 7.05 Å². The van der Waals surface area contributed by atoms with Crippen LogP contribution in [-0.2, 0) is 16.2 Å². The molecule has 2 heterocycles. The molecule has 0 saturated heterocycles. The van der Waals surface area contributed by atoms with Crippen molar-refractivity contribution < 1.29 is 14.5 Å². The third-order valence-electron chi connectivity index (χ3n) is 6.89. The first-order valence-corrected chi connectivity index (χ1v) is 12.0. The summed E-state index contributed by atoms with van der Waals surface area (Å²) in [5.41, 5.74) is 5.58. The Morgan fingerprint density at radius 1 is 1.18 bits per heavy atom. The van der Waals surface area contributed by atoms with Crippen LogP contribution in [-0.4, -0.2) is 33.7 Å². The van der Waals surface area contributed by atoms with Gasteiger partial charge in [0.2, 0.25) is 5.28 Å². The molecule has 178 valence electrons. The Kier molecular flexibility index (Phi) is 6.82. The summed E-state index contributed by atoms with van der Waals surface area (Å²) in [6.07, 6.45) is 5.46. The van der Waals surface area contributed by atoms with Gasteiger partial charge in [-0.05, 0) is 88.1 Å². The Morgan fingerprint density at radius 2 is 1.85 bits per heavy atom.